The van der Waals surface area contributed by atoms with Crippen LogP contribution in [0.2, 0.25) is 19.6 Å². The van der Waals surface area contributed by atoms with Crippen LogP contribution in [-0.4, -0.2) is 8.07 Å². The predicted octanol–water partition coefficient (Wildman–Crippen LogP) is 7.12. The second-order valence-corrected chi connectivity index (χ2v) is 13.3. The van der Waals surface area contributed by atoms with Crippen molar-refractivity contribution in [2.24, 2.45) is 0 Å². The molecule has 0 nitrogen and oxygen atoms in total. The van der Waals surface area contributed by atoms with Crippen LogP contribution in [0.1, 0.15) is 17.5 Å². The van der Waals surface area contributed by atoms with Crippen LogP contribution in [0.15, 0.2) is 113 Å². The van der Waals surface area contributed by atoms with Gasteiger partial charge in [0.15, 0.2) is 0 Å². The Morgan fingerprint density at radius 3 is 1.89 bits per heavy atom. The lowest BCUT2D eigenvalue weighted by molar-refractivity contribution is 1.28. The number of rotatable bonds is 4. The van der Waals surface area contributed by atoms with E-state index in [-0.39, 0.29) is 0 Å². The fourth-order valence-corrected chi connectivity index (χ4v) is 5.75. The van der Waals surface area contributed by atoms with Crippen LogP contribution in [-0.2, 0) is 0 Å². The third-order valence-electron chi connectivity index (χ3n) is 5.26. The van der Waals surface area contributed by atoms with Crippen LogP contribution >= 0.6 is 0 Å². The monoisotopic (exact) mass is 366 g/mol. The first kappa shape index (κ1) is 17.8. The van der Waals surface area contributed by atoms with Gasteiger partial charge in [0, 0.05) is 0 Å². The molecule has 0 aliphatic heterocycles. The normalized spacial score (nSPS) is 16.3. The van der Waals surface area contributed by atoms with Gasteiger partial charge in [-0.1, -0.05) is 110 Å². The van der Waals surface area contributed by atoms with Crippen LogP contribution in [0.4, 0.5) is 0 Å². The van der Waals surface area contributed by atoms with Gasteiger partial charge in [0.1, 0.15) is 0 Å². The first-order chi connectivity index (χ1) is 13.0. The van der Waals surface area contributed by atoms with Crippen LogP contribution in [0.5, 0.6) is 0 Å². The maximum absolute atomic E-state index is 2.44. The molecule has 0 unspecified atom stereocenters. The molecule has 0 spiro atoms. The summed E-state index contributed by atoms with van der Waals surface area (Å²) in [5.41, 5.74) is 8.06. The van der Waals surface area contributed by atoms with Gasteiger partial charge in [-0.05, 0) is 45.9 Å². The van der Waals surface area contributed by atoms with Crippen LogP contribution in [0.3, 0.4) is 0 Å². The minimum absolute atomic E-state index is 1.06. The average Bonchev–Trinajstić information content (AvgIpc) is 3.33. The molecule has 2 aromatic rings. The van der Waals surface area contributed by atoms with E-state index in [2.05, 4.69) is 111 Å². The van der Waals surface area contributed by atoms with Crippen molar-refractivity contribution in [2.45, 2.75) is 26.1 Å². The van der Waals surface area contributed by atoms with Crippen molar-refractivity contribution in [3.8, 4) is 0 Å². The van der Waals surface area contributed by atoms with Crippen molar-refractivity contribution in [3.05, 3.63) is 124 Å². The first-order valence-electron chi connectivity index (χ1n) is 9.69. The van der Waals surface area contributed by atoms with Gasteiger partial charge in [0.2, 0.25) is 0 Å². The third-order valence-corrected chi connectivity index (χ3v) is 7.34. The van der Waals surface area contributed by atoms with Crippen molar-refractivity contribution in [1.29, 1.82) is 0 Å². The maximum Gasteiger partial charge on any atom is 0.0779 e. The SMILES string of the molecule is C[Si](C)(C)C1=C(C2=CC(=C(c3ccccc3)c3ccccc3)C=C2)CC=C1. The van der Waals surface area contributed by atoms with Crippen LogP contribution < -0.4 is 0 Å². The smallest absolute Gasteiger partial charge is 0.0779 e. The summed E-state index contributed by atoms with van der Waals surface area (Å²) in [7, 11) is -1.33. The lowest BCUT2D eigenvalue weighted by Crippen LogP contribution is -2.23. The quantitative estimate of drug-likeness (QED) is 0.505. The summed E-state index contributed by atoms with van der Waals surface area (Å²) >= 11 is 0. The van der Waals surface area contributed by atoms with E-state index in [0.717, 1.165) is 6.42 Å². The van der Waals surface area contributed by atoms with E-state index in [9.17, 15) is 0 Å². The highest BCUT2D eigenvalue weighted by Gasteiger charge is 2.25. The Labute approximate surface area is 164 Å². The number of hydrogen-bond donors (Lipinski definition) is 0. The Balaban J connectivity index is 1.85. The van der Waals surface area contributed by atoms with E-state index in [1.54, 1.807) is 5.20 Å². The molecular weight excluding hydrogens is 340 g/mol. The first-order valence-corrected chi connectivity index (χ1v) is 13.2. The standard InChI is InChI=1S/C26H26Si/c1-27(2,3)25-16-10-15-24(25)22-17-18-23(19-22)26(20-11-6-4-7-12-20)21-13-8-5-9-14-21/h4-14,16-19H,15H2,1-3H3. The summed E-state index contributed by atoms with van der Waals surface area (Å²) in [5, 5.41) is 1.60. The summed E-state index contributed by atoms with van der Waals surface area (Å²) < 4.78 is 0. The van der Waals surface area contributed by atoms with E-state index < -0.39 is 8.07 Å². The van der Waals surface area contributed by atoms with E-state index in [0.29, 0.717) is 0 Å². The second kappa shape index (κ2) is 7.17. The highest BCUT2D eigenvalue weighted by molar-refractivity contribution is 6.84. The van der Waals surface area contributed by atoms with Crippen molar-refractivity contribution >= 4 is 13.6 Å². The third kappa shape index (κ3) is 3.61. The van der Waals surface area contributed by atoms with Gasteiger partial charge in [-0.15, -0.1) is 0 Å². The number of hydrogen-bond acceptors (Lipinski definition) is 0. The Morgan fingerprint density at radius 1 is 0.741 bits per heavy atom. The Morgan fingerprint density at radius 2 is 1.33 bits per heavy atom. The van der Waals surface area contributed by atoms with Crippen molar-refractivity contribution in [1.82, 2.24) is 0 Å². The Kier molecular flexibility index (Phi) is 4.71. The maximum atomic E-state index is 2.44. The lowest BCUT2D eigenvalue weighted by Gasteiger charge is -2.19. The molecule has 0 radical (unpaired) electrons. The van der Waals surface area contributed by atoms with Gasteiger partial charge < -0.3 is 0 Å². The fraction of sp³-hybridized carbons (Fsp3) is 0.154. The molecule has 4 rings (SSSR count). The largest absolute Gasteiger partial charge is 0.0802 e. The molecule has 2 aromatic carbocycles. The zero-order valence-electron chi connectivity index (χ0n) is 16.4. The van der Waals surface area contributed by atoms with Gasteiger partial charge in [-0.2, -0.15) is 0 Å². The predicted molar refractivity (Wildman–Crippen MR) is 120 cm³/mol. The molecule has 27 heavy (non-hydrogen) atoms. The molecule has 0 N–H and O–H groups in total. The molecule has 0 saturated carbocycles. The molecule has 0 aromatic heterocycles. The topological polar surface area (TPSA) is 0 Å². The second-order valence-electron chi connectivity index (χ2n) is 8.24. The zero-order valence-corrected chi connectivity index (χ0v) is 17.4. The van der Waals surface area contributed by atoms with Crippen molar-refractivity contribution < 1.29 is 0 Å². The molecule has 2 aliphatic carbocycles. The minimum atomic E-state index is -1.33. The van der Waals surface area contributed by atoms with Gasteiger partial charge in [0.25, 0.3) is 0 Å². The van der Waals surface area contributed by atoms with E-state index >= 15 is 0 Å². The summed E-state index contributed by atoms with van der Waals surface area (Å²) in [4.78, 5) is 0. The molecular formula is C26H26Si. The van der Waals surface area contributed by atoms with Crippen LogP contribution in [0.25, 0.3) is 5.57 Å². The zero-order chi connectivity index (χ0) is 18.9. The summed E-state index contributed by atoms with van der Waals surface area (Å²) in [6.07, 6.45) is 12.7. The van der Waals surface area contributed by atoms with E-state index in [1.165, 1.54) is 33.4 Å². The fourth-order valence-electron chi connectivity index (χ4n) is 3.98. The van der Waals surface area contributed by atoms with Crippen molar-refractivity contribution in [3.63, 3.8) is 0 Å². The average molecular weight is 367 g/mol. The van der Waals surface area contributed by atoms with E-state index in [1.807, 2.05) is 0 Å². The molecule has 0 amide bonds. The van der Waals surface area contributed by atoms with E-state index in [4.69, 9.17) is 0 Å². The molecule has 2 aliphatic rings. The van der Waals surface area contributed by atoms with Gasteiger partial charge in [-0.3, -0.25) is 0 Å². The molecule has 0 heterocycles. The molecule has 0 fully saturated rings. The van der Waals surface area contributed by atoms with Crippen molar-refractivity contribution in [2.75, 3.05) is 0 Å². The Bertz CT molecular complexity index is 950. The molecule has 0 atom stereocenters. The van der Waals surface area contributed by atoms with Gasteiger partial charge in [0.05, 0.1) is 8.07 Å². The highest BCUT2D eigenvalue weighted by Crippen LogP contribution is 2.38. The van der Waals surface area contributed by atoms with Crippen LogP contribution in [0, 0.1) is 0 Å². The number of allylic oxidation sites excluding steroid dienone is 9. The van der Waals surface area contributed by atoms with Gasteiger partial charge in [-0.25, -0.2) is 0 Å². The molecule has 0 bridgehead atoms. The minimum Gasteiger partial charge on any atom is -0.0802 e. The lowest BCUT2D eigenvalue weighted by atomic mass is 9.93. The summed E-state index contributed by atoms with van der Waals surface area (Å²) in [5.74, 6) is 0. The van der Waals surface area contributed by atoms with Gasteiger partial charge >= 0.3 is 0 Å². The summed E-state index contributed by atoms with van der Waals surface area (Å²) in [6, 6.07) is 21.5. The molecule has 134 valence electrons. The Hall–Kier alpha value is -2.64. The summed E-state index contributed by atoms with van der Waals surface area (Å²) in [6.45, 7) is 7.31. The molecule has 1 heteroatoms. The highest BCUT2D eigenvalue weighted by atomic mass is 28.3. The number of benzene rings is 2. The molecule has 0 saturated heterocycles.